The molecule has 1 aromatic heterocycles. The predicted octanol–water partition coefficient (Wildman–Crippen LogP) is 4.47. The number of nitrogens with zero attached hydrogens (tertiary/aromatic N) is 3. The number of rotatable bonds is 6. The van der Waals surface area contributed by atoms with Gasteiger partial charge in [-0.25, -0.2) is 13.4 Å². The summed E-state index contributed by atoms with van der Waals surface area (Å²) in [7, 11) is -3.90. The molecule has 3 aromatic rings. The first-order valence-electron chi connectivity index (χ1n) is 9.84. The Hall–Kier alpha value is -2.59. The quantitative estimate of drug-likeness (QED) is 0.522. The van der Waals surface area contributed by atoms with Gasteiger partial charge in [0.25, 0.3) is 10.0 Å². The van der Waals surface area contributed by atoms with Crippen LogP contribution in [0.1, 0.15) is 5.69 Å². The van der Waals surface area contributed by atoms with Crippen LogP contribution in [0.5, 0.6) is 0 Å². The molecule has 8 nitrogen and oxygen atoms in total. The smallest absolute Gasteiger partial charge is 0.262 e. The van der Waals surface area contributed by atoms with Crippen LogP contribution in [0.3, 0.4) is 0 Å². The number of sulfonamides is 1. The van der Waals surface area contributed by atoms with E-state index in [9.17, 15) is 8.42 Å². The molecular weight excluding hydrogens is 473 g/mol. The minimum Gasteiger partial charge on any atom is -0.378 e. The number of nitrogens with one attached hydrogen (secondary N) is 2. The lowest BCUT2D eigenvalue weighted by Gasteiger charge is -2.28. The molecule has 0 atom stereocenters. The van der Waals surface area contributed by atoms with Crippen LogP contribution in [-0.4, -0.2) is 44.7 Å². The molecular formula is C21H21Cl2N5O3S. The van der Waals surface area contributed by atoms with Crippen molar-refractivity contribution < 1.29 is 13.2 Å². The minimum absolute atomic E-state index is 0.0796. The number of anilines is 4. The van der Waals surface area contributed by atoms with Crippen LogP contribution in [0.4, 0.5) is 23.1 Å². The summed E-state index contributed by atoms with van der Waals surface area (Å²) in [4.78, 5) is 11.3. The standard InChI is InChI=1S/C21H21Cl2N5O3S/c1-14-19(27-32(29,30)18-8-4-16(23)5-9-18)20(25-17-6-2-15(22)3-7-17)26-21(24-14)28-10-12-31-13-11-28/h2-9,27H,10-13H2,1H3,(H,24,25,26). The minimum atomic E-state index is -3.90. The highest BCUT2D eigenvalue weighted by Gasteiger charge is 2.23. The normalized spacial score (nSPS) is 14.3. The Morgan fingerprint density at radius 2 is 1.53 bits per heavy atom. The van der Waals surface area contributed by atoms with E-state index in [2.05, 4.69) is 20.0 Å². The first kappa shape index (κ1) is 22.6. The fourth-order valence-corrected chi connectivity index (χ4v) is 4.53. The average Bonchev–Trinajstić information content (AvgIpc) is 2.78. The summed E-state index contributed by atoms with van der Waals surface area (Å²) >= 11 is 11.9. The Balaban J connectivity index is 1.73. The molecule has 2 N–H and O–H groups in total. The highest BCUT2D eigenvalue weighted by Crippen LogP contribution is 2.31. The third-order valence-corrected chi connectivity index (χ3v) is 6.71. The topological polar surface area (TPSA) is 96.4 Å². The van der Waals surface area contributed by atoms with E-state index in [0.29, 0.717) is 59.5 Å². The largest absolute Gasteiger partial charge is 0.378 e. The lowest BCUT2D eigenvalue weighted by molar-refractivity contribution is 0.122. The van der Waals surface area contributed by atoms with Crippen LogP contribution >= 0.6 is 23.2 Å². The third-order valence-electron chi connectivity index (χ3n) is 4.84. The number of aromatic nitrogens is 2. The van der Waals surface area contributed by atoms with Gasteiger partial charge in [0.2, 0.25) is 5.95 Å². The maximum atomic E-state index is 13.0. The zero-order valence-electron chi connectivity index (χ0n) is 17.2. The Bertz CT molecular complexity index is 1200. The molecule has 0 saturated carbocycles. The fraction of sp³-hybridized carbons (Fsp3) is 0.238. The van der Waals surface area contributed by atoms with Gasteiger partial charge in [0.1, 0.15) is 5.69 Å². The highest BCUT2D eigenvalue weighted by molar-refractivity contribution is 7.92. The molecule has 168 valence electrons. The summed E-state index contributed by atoms with van der Waals surface area (Å²) in [6.45, 7) is 4.18. The van der Waals surface area contributed by atoms with Crippen LogP contribution in [0.25, 0.3) is 0 Å². The van der Waals surface area contributed by atoms with Gasteiger partial charge >= 0.3 is 0 Å². The number of ether oxygens (including phenoxy) is 1. The number of hydrogen-bond acceptors (Lipinski definition) is 7. The van der Waals surface area contributed by atoms with Gasteiger partial charge in [0.15, 0.2) is 5.82 Å². The van der Waals surface area contributed by atoms with Gasteiger partial charge in [-0.05, 0) is 55.5 Å². The number of aryl methyl sites for hydroxylation is 1. The number of halogens is 2. The third kappa shape index (κ3) is 5.24. The van der Waals surface area contributed by atoms with Crippen molar-refractivity contribution in [1.29, 1.82) is 0 Å². The summed E-state index contributed by atoms with van der Waals surface area (Å²) in [5.41, 5.74) is 1.44. The summed E-state index contributed by atoms with van der Waals surface area (Å²) in [6, 6.07) is 13.0. The van der Waals surface area contributed by atoms with E-state index in [-0.39, 0.29) is 10.6 Å². The van der Waals surface area contributed by atoms with Crippen LogP contribution < -0.4 is 14.9 Å². The van der Waals surface area contributed by atoms with Gasteiger partial charge in [-0.1, -0.05) is 23.2 Å². The first-order valence-corrected chi connectivity index (χ1v) is 12.1. The van der Waals surface area contributed by atoms with E-state index in [0.717, 1.165) is 0 Å². The molecule has 0 spiro atoms. The molecule has 0 aliphatic carbocycles. The van der Waals surface area contributed by atoms with Crippen molar-refractivity contribution in [3.63, 3.8) is 0 Å². The second-order valence-corrected chi connectivity index (χ2v) is 9.68. The Morgan fingerprint density at radius 3 is 2.16 bits per heavy atom. The lowest BCUT2D eigenvalue weighted by atomic mass is 10.3. The number of hydrogen-bond donors (Lipinski definition) is 2. The number of benzene rings is 2. The molecule has 0 bridgehead atoms. The maximum absolute atomic E-state index is 13.0. The molecule has 32 heavy (non-hydrogen) atoms. The summed E-state index contributed by atoms with van der Waals surface area (Å²) < 4.78 is 34.1. The highest BCUT2D eigenvalue weighted by atomic mass is 35.5. The molecule has 2 heterocycles. The second-order valence-electron chi connectivity index (χ2n) is 7.12. The molecule has 0 amide bonds. The molecule has 2 aromatic carbocycles. The first-order chi connectivity index (χ1) is 15.3. The van der Waals surface area contributed by atoms with Crippen molar-refractivity contribution in [2.45, 2.75) is 11.8 Å². The zero-order valence-corrected chi connectivity index (χ0v) is 19.5. The van der Waals surface area contributed by atoms with Crippen molar-refractivity contribution in [2.24, 2.45) is 0 Å². The van der Waals surface area contributed by atoms with Crippen molar-refractivity contribution in [3.05, 3.63) is 64.3 Å². The van der Waals surface area contributed by atoms with Gasteiger partial charge in [-0.3, -0.25) is 4.72 Å². The summed E-state index contributed by atoms with van der Waals surface area (Å²) in [6.07, 6.45) is 0. The van der Waals surface area contributed by atoms with E-state index in [1.165, 1.54) is 24.3 Å². The molecule has 11 heteroatoms. The monoisotopic (exact) mass is 493 g/mol. The van der Waals surface area contributed by atoms with Crippen molar-refractivity contribution in [3.8, 4) is 0 Å². The number of morpholine rings is 1. The van der Waals surface area contributed by atoms with Crippen molar-refractivity contribution in [2.75, 3.05) is 41.2 Å². The molecule has 0 radical (unpaired) electrons. The van der Waals surface area contributed by atoms with Gasteiger partial charge in [0.05, 0.1) is 23.8 Å². The molecule has 1 aliphatic heterocycles. The van der Waals surface area contributed by atoms with Crippen LogP contribution in [0.15, 0.2) is 53.4 Å². The molecule has 1 fully saturated rings. The average molecular weight is 494 g/mol. The lowest BCUT2D eigenvalue weighted by Crippen LogP contribution is -2.37. The molecule has 1 saturated heterocycles. The van der Waals surface area contributed by atoms with Gasteiger partial charge in [0, 0.05) is 28.8 Å². The fourth-order valence-electron chi connectivity index (χ4n) is 3.15. The summed E-state index contributed by atoms with van der Waals surface area (Å²) in [5, 5.41) is 4.23. The van der Waals surface area contributed by atoms with Gasteiger partial charge in [-0.2, -0.15) is 4.98 Å². The summed E-state index contributed by atoms with van der Waals surface area (Å²) in [5.74, 6) is 0.829. The Labute approximate surface area is 196 Å². The van der Waals surface area contributed by atoms with Crippen LogP contribution in [0.2, 0.25) is 10.0 Å². The van der Waals surface area contributed by atoms with Crippen molar-refractivity contribution >= 4 is 56.4 Å². The van der Waals surface area contributed by atoms with Gasteiger partial charge < -0.3 is 15.0 Å². The van der Waals surface area contributed by atoms with E-state index < -0.39 is 10.0 Å². The van der Waals surface area contributed by atoms with Crippen molar-refractivity contribution in [1.82, 2.24) is 9.97 Å². The van der Waals surface area contributed by atoms with E-state index in [1.807, 2.05) is 4.90 Å². The second kappa shape index (κ2) is 9.50. The van der Waals surface area contributed by atoms with E-state index >= 15 is 0 Å². The van der Waals surface area contributed by atoms with Crippen LogP contribution in [0, 0.1) is 6.92 Å². The Kier molecular flexibility index (Phi) is 6.71. The molecule has 1 aliphatic rings. The molecule has 0 unspecified atom stereocenters. The predicted molar refractivity (Wildman–Crippen MR) is 127 cm³/mol. The SMILES string of the molecule is Cc1nc(N2CCOCC2)nc(Nc2ccc(Cl)cc2)c1NS(=O)(=O)c1ccc(Cl)cc1. The van der Waals surface area contributed by atoms with E-state index in [1.54, 1.807) is 31.2 Å². The van der Waals surface area contributed by atoms with E-state index in [4.69, 9.17) is 27.9 Å². The zero-order chi connectivity index (χ0) is 22.7. The molecule has 4 rings (SSSR count). The van der Waals surface area contributed by atoms with Crippen LogP contribution in [-0.2, 0) is 14.8 Å². The Morgan fingerprint density at radius 1 is 0.938 bits per heavy atom. The van der Waals surface area contributed by atoms with Gasteiger partial charge in [-0.15, -0.1) is 0 Å². The maximum Gasteiger partial charge on any atom is 0.262 e.